The third-order valence-corrected chi connectivity index (χ3v) is 13.8. The largest absolute Gasteiger partial charge is 0.497 e. The molecule has 2 heterocycles. The summed E-state index contributed by atoms with van der Waals surface area (Å²) in [4.78, 5) is 25.9. The van der Waals surface area contributed by atoms with Crippen molar-refractivity contribution in [1.82, 2.24) is 14.9 Å². The third-order valence-electron chi connectivity index (χ3n) is 10.0. The van der Waals surface area contributed by atoms with Crippen LogP contribution in [0.15, 0.2) is 83.8 Å². The minimum atomic E-state index is -4.25. The summed E-state index contributed by atoms with van der Waals surface area (Å²) >= 11 is 0. The third kappa shape index (κ3) is 12.5. The van der Waals surface area contributed by atoms with E-state index in [2.05, 4.69) is 10.6 Å². The molecular formula is C42H58N3O13PS. The average molecular weight is 876 g/mol. The number of benzene rings is 3. The Labute approximate surface area is 352 Å². The van der Waals surface area contributed by atoms with Gasteiger partial charge in [0.15, 0.2) is 12.4 Å². The Morgan fingerprint density at radius 1 is 0.967 bits per heavy atom. The summed E-state index contributed by atoms with van der Waals surface area (Å²) in [6, 6.07) is 19.4. The number of sulfonamides is 1. The molecule has 3 aromatic carbocycles. The Hall–Kier alpha value is -4.06. The van der Waals surface area contributed by atoms with Crippen LogP contribution in [0.2, 0.25) is 0 Å². The summed E-state index contributed by atoms with van der Waals surface area (Å²) < 4.78 is 83.3. The number of hydrogen-bond acceptors (Lipinski definition) is 14. The van der Waals surface area contributed by atoms with Gasteiger partial charge in [-0.15, -0.1) is 0 Å². The maximum absolute atomic E-state index is 14.6. The highest BCUT2D eigenvalue weighted by Crippen LogP contribution is 2.49. The number of amides is 1. The molecule has 0 spiro atoms. The van der Waals surface area contributed by atoms with Gasteiger partial charge in [-0.05, 0) is 80.6 Å². The van der Waals surface area contributed by atoms with E-state index in [9.17, 15) is 27.7 Å². The van der Waals surface area contributed by atoms with Gasteiger partial charge in [0.2, 0.25) is 10.0 Å². The Balaban J connectivity index is 1.38. The molecule has 18 heteroatoms. The number of methoxy groups -OCH3 is 1. The fourth-order valence-electron chi connectivity index (χ4n) is 7.06. The summed E-state index contributed by atoms with van der Waals surface area (Å²) in [7, 11) is -6.61. The van der Waals surface area contributed by atoms with E-state index in [1.54, 1.807) is 73.7 Å². The second kappa shape index (κ2) is 21.6. The highest BCUT2D eigenvalue weighted by molar-refractivity contribution is 7.89. The van der Waals surface area contributed by atoms with Crippen molar-refractivity contribution in [1.29, 1.82) is 0 Å². The molecule has 8 unspecified atom stereocenters. The molecule has 5 rings (SSSR count). The van der Waals surface area contributed by atoms with Crippen LogP contribution in [0.5, 0.6) is 11.5 Å². The van der Waals surface area contributed by atoms with Crippen LogP contribution < -0.4 is 19.9 Å². The van der Waals surface area contributed by atoms with Crippen molar-refractivity contribution < 1.29 is 60.4 Å². The molecule has 60 heavy (non-hydrogen) atoms. The average Bonchev–Trinajstić information content (AvgIpc) is 3.85. The van der Waals surface area contributed by atoms with Gasteiger partial charge in [0.25, 0.3) is 0 Å². The fraction of sp³-hybridized carbons (Fsp3) is 0.524. The van der Waals surface area contributed by atoms with Gasteiger partial charge in [0.05, 0.1) is 62.1 Å². The van der Waals surface area contributed by atoms with E-state index in [4.69, 9.17) is 32.7 Å². The van der Waals surface area contributed by atoms with Gasteiger partial charge in [-0.3, -0.25) is 4.52 Å². The van der Waals surface area contributed by atoms with Crippen LogP contribution in [0.4, 0.5) is 4.79 Å². The topological polar surface area (TPSA) is 197 Å². The van der Waals surface area contributed by atoms with Gasteiger partial charge in [0.1, 0.15) is 17.6 Å². The Morgan fingerprint density at radius 3 is 2.30 bits per heavy atom. The lowest BCUT2D eigenvalue weighted by Crippen LogP contribution is -2.54. The van der Waals surface area contributed by atoms with E-state index in [0.717, 1.165) is 5.56 Å². The zero-order valence-electron chi connectivity index (χ0n) is 34.9. The molecule has 0 aliphatic carbocycles. The number of rotatable bonds is 22. The molecule has 8 atom stereocenters. The quantitative estimate of drug-likeness (QED) is 0.0636. The Bertz CT molecular complexity index is 1990. The predicted molar refractivity (Wildman–Crippen MR) is 222 cm³/mol. The predicted octanol–water partition coefficient (Wildman–Crippen LogP) is 5.65. The van der Waals surface area contributed by atoms with Crippen LogP contribution >= 0.6 is 7.60 Å². The lowest BCUT2D eigenvalue weighted by atomic mass is 9.94. The number of aliphatic hydroxyl groups is 1. The van der Waals surface area contributed by atoms with Crippen LogP contribution in [0, 0.1) is 11.8 Å². The van der Waals surface area contributed by atoms with E-state index >= 15 is 0 Å². The molecule has 330 valence electrons. The number of para-hydroxylation sites is 1. The standard InChI is InChI=1S/C42H58N3O13PS/c1-7-53-40(47)30(5)57-59(49,58-34-11-9-8-10-12-34)24-22-43-25-31-13-15-32(16-14-31)39(45(26-28(2)3)60(50,51)35-19-17-33(52-6)18-20-35)38(29(4)46)44-42(48)56-37-27-55-41-36(37)21-23-54-41/h8-20,28-30,36-39,41,43,46H,7,21-27H2,1-6H3,(H,44,48). The van der Waals surface area contributed by atoms with Gasteiger partial charge in [-0.1, -0.05) is 56.3 Å². The van der Waals surface area contributed by atoms with Crippen LogP contribution in [-0.4, -0.2) is 107 Å². The number of nitrogens with zero attached hydrogens (tertiary/aromatic N) is 1. The number of esters is 1. The summed E-state index contributed by atoms with van der Waals surface area (Å²) in [5.74, 6) is -0.144. The molecule has 1 amide bonds. The number of ether oxygens (including phenoxy) is 5. The number of aliphatic hydroxyl groups excluding tert-OH is 1. The van der Waals surface area contributed by atoms with E-state index in [0.29, 0.717) is 36.6 Å². The van der Waals surface area contributed by atoms with Gasteiger partial charge in [-0.2, -0.15) is 4.31 Å². The molecule has 3 N–H and O–H groups in total. The molecular weight excluding hydrogens is 818 g/mol. The zero-order valence-corrected chi connectivity index (χ0v) is 36.6. The number of nitrogens with one attached hydrogen (secondary N) is 2. The number of carbonyl (C=O) groups is 2. The molecule has 2 saturated heterocycles. The first-order valence-corrected chi connectivity index (χ1v) is 23.3. The van der Waals surface area contributed by atoms with Crippen LogP contribution in [0.25, 0.3) is 0 Å². The van der Waals surface area contributed by atoms with Crippen LogP contribution in [0.1, 0.15) is 58.2 Å². The van der Waals surface area contributed by atoms with E-state index in [-0.39, 0.29) is 49.2 Å². The Morgan fingerprint density at radius 2 is 1.67 bits per heavy atom. The molecule has 0 bridgehead atoms. The molecule has 2 fully saturated rings. The first-order valence-electron chi connectivity index (χ1n) is 20.2. The molecule has 0 saturated carbocycles. The normalized spacial score (nSPS) is 20.7. The minimum Gasteiger partial charge on any atom is -0.497 e. The first kappa shape index (κ1) is 47.0. The van der Waals surface area contributed by atoms with Crippen LogP contribution in [-0.2, 0) is 49.4 Å². The van der Waals surface area contributed by atoms with Gasteiger partial charge in [0, 0.05) is 19.6 Å². The summed E-state index contributed by atoms with van der Waals surface area (Å²) in [5.41, 5.74) is 1.29. The number of carbonyl (C=O) groups excluding carboxylic acids is 2. The molecule has 2 aliphatic heterocycles. The zero-order chi connectivity index (χ0) is 43.5. The van der Waals surface area contributed by atoms with Crippen molar-refractivity contribution in [2.24, 2.45) is 11.8 Å². The maximum atomic E-state index is 14.6. The molecule has 0 aromatic heterocycles. The monoisotopic (exact) mass is 875 g/mol. The fourth-order valence-corrected chi connectivity index (χ4v) is 10.5. The van der Waals surface area contributed by atoms with Gasteiger partial charge in [-0.25, -0.2) is 22.6 Å². The molecule has 0 radical (unpaired) electrons. The highest BCUT2D eigenvalue weighted by atomic mass is 32.2. The van der Waals surface area contributed by atoms with E-state index < -0.39 is 66.4 Å². The van der Waals surface area contributed by atoms with Crippen molar-refractivity contribution in [2.45, 2.75) is 89.2 Å². The Kier molecular flexibility index (Phi) is 17.0. The first-order chi connectivity index (χ1) is 28.6. The second-order valence-electron chi connectivity index (χ2n) is 15.1. The van der Waals surface area contributed by atoms with Crippen molar-refractivity contribution in [3.8, 4) is 11.5 Å². The van der Waals surface area contributed by atoms with Gasteiger partial charge < -0.3 is 43.9 Å². The molecule has 2 aliphatic rings. The molecule has 3 aromatic rings. The summed E-state index contributed by atoms with van der Waals surface area (Å²) in [6.45, 7) is 9.69. The number of alkyl carbamates (subject to hydrolysis) is 1. The van der Waals surface area contributed by atoms with Gasteiger partial charge >= 0.3 is 19.7 Å². The number of hydrogen-bond donors (Lipinski definition) is 3. The number of fused-ring (bicyclic) bond motifs is 1. The minimum absolute atomic E-state index is 0.00577. The smallest absolute Gasteiger partial charge is 0.407 e. The maximum Gasteiger partial charge on any atom is 0.407 e. The van der Waals surface area contributed by atoms with Crippen molar-refractivity contribution in [3.05, 3.63) is 90.0 Å². The van der Waals surface area contributed by atoms with E-state index in [1.807, 2.05) is 13.8 Å². The SMILES string of the molecule is CCOC(=O)C(C)OP(=O)(CCNCc1ccc(C(C(NC(=O)OC2COC3OCCC23)C(C)O)N(CC(C)C)S(=O)(=O)c2ccc(OC)cc2)cc1)Oc1ccccc1. The van der Waals surface area contributed by atoms with Crippen molar-refractivity contribution >= 4 is 29.7 Å². The van der Waals surface area contributed by atoms with Crippen LogP contribution in [0.3, 0.4) is 0 Å². The second-order valence-corrected chi connectivity index (χ2v) is 19.1. The van der Waals surface area contributed by atoms with Crippen molar-refractivity contribution in [2.75, 3.05) is 46.2 Å². The highest BCUT2D eigenvalue weighted by Gasteiger charge is 2.45. The summed E-state index contributed by atoms with van der Waals surface area (Å²) in [6.07, 6.45) is -3.62. The van der Waals surface area contributed by atoms with Crippen molar-refractivity contribution in [3.63, 3.8) is 0 Å². The lowest BCUT2D eigenvalue weighted by molar-refractivity contribution is -0.150. The van der Waals surface area contributed by atoms with E-state index in [1.165, 1.54) is 37.4 Å². The summed E-state index contributed by atoms with van der Waals surface area (Å²) in [5, 5.41) is 17.4. The molecule has 16 nitrogen and oxygen atoms in total. The lowest BCUT2D eigenvalue weighted by Gasteiger charge is -2.39.